The van der Waals surface area contributed by atoms with E-state index in [0.717, 1.165) is 25.3 Å². The van der Waals surface area contributed by atoms with Crippen LogP contribution >= 0.6 is 11.6 Å². The van der Waals surface area contributed by atoms with E-state index >= 15 is 0 Å². The summed E-state index contributed by atoms with van der Waals surface area (Å²) in [6, 6.07) is 4.96. The molecule has 1 heterocycles. The van der Waals surface area contributed by atoms with Gasteiger partial charge >= 0.3 is 0 Å². The van der Waals surface area contributed by atoms with Crippen molar-refractivity contribution >= 4 is 23.0 Å². The molecular weight excluding hydrogens is 242 g/mol. The smallest absolute Gasteiger partial charge is 0.271 e. The van der Waals surface area contributed by atoms with E-state index in [1.165, 1.54) is 12.1 Å². The summed E-state index contributed by atoms with van der Waals surface area (Å²) >= 11 is 6.11. The Balaban J connectivity index is 2.29. The summed E-state index contributed by atoms with van der Waals surface area (Å²) in [5, 5.41) is 14.4. The van der Waals surface area contributed by atoms with E-state index in [4.69, 9.17) is 11.6 Å². The molecule has 0 amide bonds. The van der Waals surface area contributed by atoms with Crippen LogP contribution < -0.4 is 10.2 Å². The number of nitro benzene ring substituents is 1. The first-order chi connectivity index (χ1) is 8.09. The molecule has 0 unspecified atom stereocenters. The number of nitro groups is 1. The molecule has 6 heteroatoms. The molecule has 0 saturated carbocycles. The van der Waals surface area contributed by atoms with E-state index in [0.29, 0.717) is 11.1 Å². The lowest BCUT2D eigenvalue weighted by molar-refractivity contribution is -0.384. The quantitative estimate of drug-likeness (QED) is 0.649. The molecule has 0 aliphatic carbocycles. The minimum Gasteiger partial charge on any atom is -0.365 e. The Morgan fingerprint density at radius 1 is 1.59 bits per heavy atom. The highest BCUT2D eigenvalue weighted by Crippen LogP contribution is 2.31. The molecule has 1 aromatic carbocycles. The topological polar surface area (TPSA) is 58.4 Å². The highest BCUT2D eigenvalue weighted by atomic mass is 35.5. The van der Waals surface area contributed by atoms with Crippen LogP contribution in [0.1, 0.15) is 6.92 Å². The van der Waals surface area contributed by atoms with Crippen molar-refractivity contribution in [1.82, 2.24) is 5.32 Å². The molecule has 1 aliphatic rings. The van der Waals surface area contributed by atoms with Crippen LogP contribution in [0.4, 0.5) is 11.4 Å². The molecule has 0 bridgehead atoms. The fourth-order valence-electron chi connectivity index (χ4n) is 2.04. The van der Waals surface area contributed by atoms with Crippen molar-refractivity contribution in [3.05, 3.63) is 33.3 Å². The maximum atomic E-state index is 10.6. The summed E-state index contributed by atoms with van der Waals surface area (Å²) in [6.07, 6.45) is 0. The number of rotatable bonds is 2. The molecule has 1 saturated heterocycles. The number of nitrogens with one attached hydrogen (secondary N) is 1. The summed E-state index contributed by atoms with van der Waals surface area (Å²) < 4.78 is 0. The monoisotopic (exact) mass is 255 g/mol. The molecule has 2 rings (SSSR count). The molecule has 1 N–H and O–H groups in total. The molecule has 0 spiro atoms. The first-order valence-electron chi connectivity index (χ1n) is 5.51. The largest absolute Gasteiger partial charge is 0.365 e. The zero-order valence-electron chi connectivity index (χ0n) is 9.52. The van der Waals surface area contributed by atoms with Gasteiger partial charge in [0.2, 0.25) is 0 Å². The molecule has 92 valence electrons. The first-order valence-corrected chi connectivity index (χ1v) is 5.88. The summed E-state index contributed by atoms with van der Waals surface area (Å²) in [6.45, 7) is 4.76. The van der Waals surface area contributed by atoms with Crippen LogP contribution in [0.15, 0.2) is 18.2 Å². The van der Waals surface area contributed by atoms with Gasteiger partial charge in [-0.15, -0.1) is 0 Å². The molecule has 17 heavy (non-hydrogen) atoms. The molecule has 0 aromatic heterocycles. The second-order valence-corrected chi connectivity index (χ2v) is 4.55. The number of halogens is 1. The molecule has 1 aromatic rings. The van der Waals surface area contributed by atoms with Gasteiger partial charge in [-0.3, -0.25) is 10.1 Å². The van der Waals surface area contributed by atoms with Gasteiger partial charge in [-0.25, -0.2) is 0 Å². The minimum atomic E-state index is -0.434. The van der Waals surface area contributed by atoms with Crippen LogP contribution in [-0.2, 0) is 0 Å². The van der Waals surface area contributed by atoms with Crippen molar-refractivity contribution in [2.24, 2.45) is 0 Å². The summed E-state index contributed by atoms with van der Waals surface area (Å²) in [4.78, 5) is 12.4. The van der Waals surface area contributed by atoms with Crippen LogP contribution in [-0.4, -0.2) is 30.6 Å². The van der Waals surface area contributed by atoms with Crippen LogP contribution in [0.3, 0.4) is 0 Å². The molecule has 1 fully saturated rings. The van der Waals surface area contributed by atoms with Gasteiger partial charge < -0.3 is 10.2 Å². The Morgan fingerprint density at radius 3 is 2.94 bits per heavy atom. The highest BCUT2D eigenvalue weighted by molar-refractivity contribution is 6.33. The Kier molecular flexibility index (Phi) is 3.49. The number of anilines is 1. The SMILES string of the molecule is C[C@@H]1CNCCN1c1ccc([N+](=O)[O-])cc1Cl. The predicted octanol–water partition coefficient (Wildman–Crippen LogP) is 2.05. The zero-order chi connectivity index (χ0) is 12.4. The molecule has 1 atom stereocenters. The number of hydrogen-bond donors (Lipinski definition) is 1. The van der Waals surface area contributed by atoms with Gasteiger partial charge in [0.1, 0.15) is 0 Å². The molecule has 1 aliphatic heterocycles. The van der Waals surface area contributed by atoms with Gasteiger partial charge in [-0.1, -0.05) is 11.6 Å². The van der Waals surface area contributed by atoms with Crippen LogP contribution in [0.5, 0.6) is 0 Å². The van der Waals surface area contributed by atoms with Crippen molar-refractivity contribution in [3.8, 4) is 0 Å². The van der Waals surface area contributed by atoms with E-state index in [-0.39, 0.29) is 5.69 Å². The third kappa shape index (κ3) is 2.50. The van der Waals surface area contributed by atoms with E-state index in [9.17, 15) is 10.1 Å². The van der Waals surface area contributed by atoms with Crippen LogP contribution in [0, 0.1) is 10.1 Å². The average Bonchev–Trinajstić information content (AvgIpc) is 2.30. The summed E-state index contributed by atoms with van der Waals surface area (Å²) in [5.74, 6) is 0. The predicted molar refractivity (Wildman–Crippen MR) is 67.8 cm³/mol. The van der Waals surface area contributed by atoms with Crippen LogP contribution in [0.2, 0.25) is 5.02 Å². The number of hydrogen-bond acceptors (Lipinski definition) is 4. The highest BCUT2D eigenvalue weighted by Gasteiger charge is 2.21. The Labute approximate surface area is 105 Å². The molecular formula is C11H14ClN3O2. The maximum absolute atomic E-state index is 10.6. The van der Waals surface area contributed by atoms with E-state index in [1.807, 2.05) is 0 Å². The third-order valence-corrected chi connectivity index (χ3v) is 3.26. The normalized spacial score (nSPS) is 20.4. The molecule has 0 radical (unpaired) electrons. The zero-order valence-corrected chi connectivity index (χ0v) is 10.3. The van der Waals surface area contributed by atoms with E-state index < -0.39 is 4.92 Å². The maximum Gasteiger partial charge on any atom is 0.271 e. The Hall–Kier alpha value is -1.33. The van der Waals surface area contributed by atoms with Crippen molar-refractivity contribution < 1.29 is 4.92 Å². The summed E-state index contributed by atoms with van der Waals surface area (Å²) in [5.41, 5.74) is 0.896. The second-order valence-electron chi connectivity index (χ2n) is 4.14. The fourth-order valence-corrected chi connectivity index (χ4v) is 2.32. The van der Waals surface area contributed by atoms with Gasteiger partial charge in [0.15, 0.2) is 0 Å². The number of non-ortho nitro benzene ring substituents is 1. The van der Waals surface area contributed by atoms with E-state index in [1.54, 1.807) is 6.07 Å². The minimum absolute atomic E-state index is 0.0292. The third-order valence-electron chi connectivity index (χ3n) is 2.95. The standard InChI is InChI=1S/C11H14ClN3O2/c1-8-7-13-4-5-14(8)11-3-2-9(15(16)17)6-10(11)12/h2-3,6,8,13H,4-5,7H2,1H3/t8-/m1/s1. The first kappa shape index (κ1) is 12.1. The Bertz CT molecular complexity index is 439. The van der Waals surface area contributed by atoms with Gasteiger partial charge in [0.25, 0.3) is 5.69 Å². The number of nitrogens with zero attached hydrogens (tertiary/aromatic N) is 2. The van der Waals surface area contributed by atoms with E-state index in [2.05, 4.69) is 17.1 Å². The van der Waals surface area contributed by atoms with Crippen molar-refractivity contribution in [3.63, 3.8) is 0 Å². The number of piperazine rings is 1. The van der Waals surface area contributed by atoms with Crippen molar-refractivity contribution in [2.45, 2.75) is 13.0 Å². The van der Waals surface area contributed by atoms with Crippen molar-refractivity contribution in [1.29, 1.82) is 0 Å². The lowest BCUT2D eigenvalue weighted by atomic mass is 10.1. The lowest BCUT2D eigenvalue weighted by Gasteiger charge is -2.36. The second kappa shape index (κ2) is 4.89. The lowest BCUT2D eigenvalue weighted by Crippen LogP contribution is -2.50. The summed E-state index contributed by atoms with van der Waals surface area (Å²) in [7, 11) is 0. The van der Waals surface area contributed by atoms with Gasteiger partial charge in [0, 0.05) is 37.8 Å². The number of benzene rings is 1. The van der Waals surface area contributed by atoms with Crippen molar-refractivity contribution in [2.75, 3.05) is 24.5 Å². The van der Waals surface area contributed by atoms with Gasteiger partial charge in [0.05, 0.1) is 15.6 Å². The average molecular weight is 256 g/mol. The Morgan fingerprint density at radius 2 is 2.35 bits per heavy atom. The molecule has 5 nitrogen and oxygen atoms in total. The fraction of sp³-hybridized carbons (Fsp3) is 0.455. The van der Waals surface area contributed by atoms with Crippen LogP contribution in [0.25, 0.3) is 0 Å². The van der Waals surface area contributed by atoms with Gasteiger partial charge in [-0.2, -0.15) is 0 Å². The van der Waals surface area contributed by atoms with Gasteiger partial charge in [-0.05, 0) is 13.0 Å².